The molecule has 0 saturated carbocycles. The maximum atomic E-state index is 12.1. The first kappa shape index (κ1) is 16.1. The van der Waals surface area contributed by atoms with E-state index < -0.39 is 18.0 Å². The number of cyclic esters (lactones) is 1. The third-order valence-electron chi connectivity index (χ3n) is 3.71. The van der Waals surface area contributed by atoms with Gasteiger partial charge in [0.15, 0.2) is 0 Å². The van der Waals surface area contributed by atoms with Crippen molar-refractivity contribution in [1.82, 2.24) is 0 Å². The van der Waals surface area contributed by atoms with Crippen LogP contribution in [0, 0.1) is 0 Å². The van der Waals surface area contributed by atoms with Crippen molar-refractivity contribution in [2.24, 2.45) is 0 Å². The Balaban J connectivity index is 1.56. The molecule has 0 radical (unpaired) electrons. The quantitative estimate of drug-likeness (QED) is 0.790. The van der Waals surface area contributed by atoms with Crippen molar-refractivity contribution in [2.75, 3.05) is 0 Å². The van der Waals surface area contributed by atoms with Crippen molar-refractivity contribution in [3.05, 3.63) is 65.7 Å². The fourth-order valence-electron chi connectivity index (χ4n) is 2.44. The Morgan fingerprint density at radius 1 is 1.12 bits per heavy atom. The van der Waals surface area contributed by atoms with Crippen LogP contribution in [0.5, 0.6) is 5.75 Å². The summed E-state index contributed by atoms with van der Waals surface area (Å²) in [6.07, 6.45) is -0.645. The lowest BCUT2D eigenvalue weighted by Gasteiger charge is -2.09. The molecule has 5 heteroatoms. The van der Waals surface area contributed by atoms with Gasteiger partial charge in [-0.25, -0.2) is 9.59 Å². The predicted molar refractivity (Wildman–Crippen MR) is 86.6 cm³/mol. The van der Waals surface area contributed by atoms with Gasteiger partial charge < -0.3 is 14.2 Å². The van der Waals surface area contributed by atoms with E-state index in [4.69, 9.17) is 14.2 Å². The molecule has 0 aromatic heterocycles. The monoisotopic (exact) mass is 326 g/mol. The Morgan fingerprint density at radius 2 is 1.83 bits per heavy atom. The predicted octanol–water partition coefficient (Wildman–Crippen LogP) is 3.13. The summed E-state index contributed by atoms with van der Waals surface area (Å²) >= 11 is 0. The molecule has 1 aliphatic heterocycles. The molecule has 0 unspecified atom stereocenters. The molecule has 3 rings (SSSR count). The zero-order chi connectivity index (χ0) is 16.9. The normalized spacial score (nSPS) is 19.6. The van der Waals surface area contributed by atoms with E-state index in [0.29, 0.717) is 24.3 Å². The minimum absolute atomic E-state index is 0.218. The highest BCUT2D eigenvalue weighted by Gasteiger charge is 2.35. The molecule has 124 valence electrons. The van der Waals surface area contributed by atoms with E-state index in [2.05, 4.69) is 0 Å². The van der Waals surface area contributed by atoms with Gasteiger partial charge in [-0.1, -0.05) is 30.3 Å². The number of rotatable bonds is 5. The van der Waals surface area contributed by atoms with Crippen LogP contribution in [0.3, 0.4) is 0 Å². The second-order valence-electron chi connectivity index (χ2n) is 5.68. The largest absolute Gasteiger partial charge is 0.489 e. The van der Waals surface area contributed by atoms with Crippen LogP contribution in [0.4, 0.5) is 0 Å². The van der Waals surface area contributed by atoms with Crippen LogP contribution < -0.4 is 4.74 Å². The molecule has 1 fully saturated rings. The van der Waals surface area contributed by atoms with Gasteiger partial charge in [0.05, 0.1) is 5.56 Å². The molecule has 2 aromatic rings. The number of carbonyl (C=O) groups excluding carboxylic acids is 2. The van der Waals surface area contributed by atoms with Crippen LogP contribution in [-0.4, -0.2) is 24.1 Å². The minimum atomic E-state index is -0.818. The van der Waals surface area contributed by atoms with Gasteiger partial charge in [-0.05, 0) is 36.8 Å². The Hall–Kier alpha value is -2.82. The zero-order valence-corrected chi connectivity index (χ0v) is 13.3. The number of benzene rings is 2. The lowest BCUT2D eigenvalue weighted by Crippen LogP contribution is -2.22. The van der Waals surface area contributed by atoms with Crippen molar-refractivity contribution < 1.29 is 23.8 Å². The molecule has 0 spiro atoms. The summed E-state index contributed by atoms with van der Waals surface area (Å²) in [7, 11) is 0. The van der Waals surface area contributed by atoms with Crippen LogP contribution in [0.2, 0.25) is 0 Å². The van der Waals surface area contributed by atoms with E-state index in [9.17, 15) is 9.59 Å². The van der Waals surface area contributed by atoms with E-state index in [0.717, 1.165) is 5.56 Å². The maximum absolute atomic E-state index is 12.1. The van der Waals surface area contributed by atoms with Crippen LogP contribution in [-0.2, 0) is 20.9 Å². The number of carbonyl (C=O) groups is 2. The molecule has 2 atom stereocenters. The summed E-state index contributed by atoms with van der Waals surface area (Å²) in [5, 5.41) is 0. The van der Waals surface area contributed by atoms with Crippen molar-refractivity contribution >= 4 is 11.9 Å². The molecular formula is C19H18O5. The topological polar surface area (TPSA) is 61.8 Å². The average molecular weight is 326 g/mol. The fourth-order valence-corrected chi connectivity index (χ4v) is 2.44. The molecular weight excluding hydrogens is 308 g/mol. The van der Waals surface area contributed by atoms with Crippen molar-refractivity contribution in [2.45, 2.75) is 32.2 Å². The van der Waals surface area contributed by atoms with Gasteiger partial charge >= 0.3 is 11.9 Å². The van der Waals surface area contributed by atoms with Crippen LogP contribution >= 0.6 is 0 Å². The summed E-state index contributed by atoms with van der Waals surface area (Å²) in [6.45, 7) is 2.22. The van der Waals surface area contributed by atoms with E-state index in [1.165, 1.54) is 0 Å². The molecule has 1 aliphatic rings. The Kier molecular flexibility index (Phi) is 4.79. The first-order valence-corrected chi connectivity index (χ1v) is 7.80. The molecule has 1 saturated heterocycles. The summed E-state index contributed by atoms with van der Waals surface area (Å²) in [6, 6.07) is 16.5. The Morgan fingerprint density at radius 3 is 2.46 bits per heavy atom. The van der Waals surface area contributed by atoms with Gasteiger partial charge in [0.1, 0.15) is 18.5 Å². The second kappa shape index (κ2) is 7.17. The van der Waals surface area contributed by atoms with E-state index in [1.807, 2.05) is 30.3 Å². The third kappa shape index (κ3) is 3.93. The highest BCUT2D eigenvalue weighted by atomic mass is 16.6. The molecule has 0 aliphatic carbocycles. The summed E-state index contributed by atoms with van der Waals surface area (Å²) in [5.41, 5.74) is 1.43. The van der Waals surface area contributed by atoms with Gasteiger partial charge in [-0.15, -0.1) is 0 Å². The number of esters is 2. The molecule has 1 heterocycles. The van der Waals surface area contributed by atoms with Crippen LogP contribution in [0.15, 0.2) is 54.6 Å². The molecule has 5 nitrogen and oxygen atoms in total. The van der Waals surface area contributed by atoms with Crippen molar-refractivity contribution in [3.8, 4) is 5.75 Å². The van der Waals surface area contributed by atoms with Gasteiger partial charge in [-0.3, -0.25) is 0 Å². The molecule has 0 N–H and O–H groups in total. The average Bonchev–Trinajstić information content (AvgIpc) is 2.91. The number of ether oxygens (including phenoxy) is 3. The van der Waals surface area contributed by atoms with E-state index in [-0.39, 0.29) is 6.10 Å². The van der Waals surface area contributed by atoms with Crippen LogP contribution in [0.25, 0.3) is 0 Å². The van der Waals surface area contributed by atoms with Gasteiger partial charge in [0.2, 0.25) is 6.10 Å². The SMILES string of the molecule is C[C@H]1C[C@H](OC(=O)c2ccc(OCc3ccccc3)cc2)C(=O)O1. The minimum Gasteiger partial charge on any atom is -0.489 e. The molecule has 0 bridgehead atoms. The standard InChI is InChI=1S/C19H18O5/c1-13-11-17(19(21)23-13)24-18(20)15-7-9-16(10-8-15)22-12-14-5-3-2-4-6-14/h2-10,13,17H,11-12H2,1H3/t13-,17-/m0/s1. The Labute approximate surface area is 140 Å². The second-order valence-corrected chi connectivity index (χ2v) is 5.68. The van der Waals surface area contributed by atoms with Gasteiger partial charge in [0, 0.05) is 6.42 Å². The van der Waals surface area contributed by atoms with Crippen LogP contribution in [0.1, 0.15) is 29.3 Å². The fraction of sp³-hybridized carbons (Fsp3) is 0.263. The zero-order valence-electron chi connectivity index (χ0n) is 13.3. The smallest absolute Gasteiger partial charge is 0.347 e. The number of hydrogen-bond donors (Lipinski definition) is 0. The molecule has 24 heavy (non-hydrogen) atoms. The number of hydrogen-bond acceptors (Lipinski definition) is 5. The van der Waals surface area contributed by atoms with Crippen molar-refractivity contribution in [1.29, 1.82) is 0 Å². The first-order valence-electron chi connectivity index (χ1n) is 7.80. The summed E-state index contributed by atoms with van der Waals surface area (Å²) in [5.74, 6) is -0.372. The molecule has 2 aromatic carbocycles. The molecule has 0 amide bonds. The summed E-state index contributed by atoms with van der Waals surface area (Å²) in [4.78, 5) is 23.6. The lowest BCUT2D eigenvalue weighted by molar-refractivity contribution is -0.147. The van der Waals surface area contributed by atoms with Gasteiger partial charge in [-0.2, -0.15) is 0 Å². The van der Waals surface area contributed by atoms with E-state index in [1.54, 1.807) is 31.2 Å². The third-order valence-corrected chi connectivity index (χ3v) is 3.71. The Bertz CT molecular complexity index is 708. The first-order chi connectivity index (χ1) is 11.6. The summed E-state index contributed by atoms with van der Waals surface area (Å²) < 4.78 is 15.8. The van der Waals surface area contributed by atoms with E-state index >= 15 is 0 Å². The highest BCUT2D eigenvalue weighted by molar-refractivity contribution is 5.91. The van der Waals surface area contributed by atoms with Crippen molar-refractivity contribution in [3.63, 3.8) is 0 Å². The maximum Gasteiger partial charge on any atom is 0.347 e. The highest BCUT2D eigenvalue weighted by Crippen LogP contribution is 2.20. The lowest BCUT2D eigenvalue weighted by atomic mass is 10.2. The van der Waals surface area contributed by atoms with Gasteiger partial charge in [0.25, 0.3) is 0 Å².